The number of unbranched alkanes of at least 4 members (excludes halogenated alkanes) is 1. The number of aromatic nitrogens is 1. The number of hydrogen-bond donors (Lipinski definition) is 1. The van der Waals surface area contributed by atoms with Crippen LogP contribution in [0.5, 0.6) is 0 Å². The molecule has 0 aliphatic rings. The number of carbonyl (C=O) groups is 1. The molecule has 0 saturated heterocycles. The standard InChI is InChI=1S/C14H14Cl2N2OS/c1-2-3-4-9-5-7-10(8-6-9)17-14(19)12-11(15)13(16)18-20-12/h5-8H,2-4H2,1H3,(H,17,19). The predicted octanol–water partition coefficient (Wildman–Crippen LogP) is 5.04. The fraction of sp³-hybridized carbons (Fsp3) is 0.286. The van der Waals surface area contributed by atoms with Gasteiger partial charge in [0.05, 0.1) is 0 Å². The first kappa shape index (κ1) is 15.3. The average Bonchev–Trinajstić information content (AvgIpc) is 2.78. The molecule has 2 aromatic rings. The molecule has 0 aliphatic carbocycles. The lowest BCUT2D eigenvalue weighted by Gasteiger charge is -2.05. The Labute approximate surface area is 132 Å². The third-order valence-corrected chi connectivity index (χ3v) is 4.63. The molecule has 2 rings (SSSR count). The minimum atomic E-state index is -0.291. The molecule has 0 radical (unpaired) electrons. The van der Waals surface area contributed by atoms with Crippen molar-refractivity contribution in [3.8, 4) is 0 Å². The summed E-state index contributed by atoms with van der Waals surface area (Å²) < 4.78 is 3.84. The number of nitrogens with one attached hydrogen (secondary N) is 1. The van der Waals surface area contributed by atoms with E-state index in [1.54, 1.807) is 0 Å². The van der Waals surface area contributed by atoms with Crippen LogP contribution in [0.3, 0.4) is 0 Å². The molecule has 1 aromatic carbocycles. The highest BCUT2D eigenvalue weighted by molar-refractivity contribution is 7.09. The van der Waals surface area contributed by atoms with E-state index in [-0.39, 0.29) is 16.1 Å². The average molecular weight is 329 g/mol. The molecule has 0 unspecified atom stereocenters. The number of benzene rings is 1. The number of rotatable bonds is 5. The highest BCUT2D eigenvalue weighted by atomic mass is 35.5. The van der Waals surface area contributed by atoms with E-state index < -0.39 is 0 Å². The maximum Gasteiger partial charge on any atom is 0.268 e. The molecule has 1 heterocycles. The van der Waals surface area contributed by atoms with Crippen LogP contribution >= 0.6 is 34.7 Å². The lowest BCUT2D eigenvalue weighted by molar-refractivity contribution is 0.103. The third kappa shape index (κ3) is 3.72. The molecule has 1 amide bonds. The van der Waals surface area contributed by atoms with E-state index >= 15 is 0 Å². The lowest BCUT2D eigenvalue weighted by Crippen LogP contribution is -2.10. The van der Waals surface area contributed by atoms with Crippen molar-refractivity contribution in [3.63, 3.8) is 0 Å². The first-order valence-electron chi connectivity index (χ1n) is 6.32. The van der Waals surface area contributed by atoms with E-state index in [1.165, 1.54) is 18.4 Å². The number of nitrogens with zero attached hydrogens (tertiary/aromatic N) is 1. The molecule has 1 aromatic heterocycles. The van der Waals surface area contributed by atoms with E-state index in [0.29, 0.717) is 4.88 Å². The largest absolute Gasteiger partial charge is 0.321 e. The van der Waals surface area contributed by atoms with Gasteiger partial charge in [0, 0.05) is 5.69 Å². The number of halogens is 2. The van der Waals surface area contributed by atoms with Crippen molar-refractivity contribution in [2.24, 2.45) is 0 Å². The Kier molecular flexibility index (Phi) is 5.40. The summed E-state index contributed by atoms with van der Waals surface area (Å²) in [6, 6.07) is 7.82. The van der Waals surface area contributed by atoms with E-state index in [0.717, 1.165) is 23.6 Å². The Morgan fingerprint density at radius 2 is 2.00 bits per heavy atom. The van der Waals surface area contributed by atoms with Crippen LogP contribution in [-0.4, -0.2) is 10.3 Å². The molecule has 6 heteroatoms. The Balaban J connectivity index is 2.03. The number of amides is 1. The zero-order valence-corrected chi connectivity index (χ0v) is 13.3. The summed E-state index contributed by atoms with van der Waals surface area (Å²) in [5.41, 5.74) is 2.00. The molecule has 0 bridgehead atoms. The first-order chi connectivity index (χ1) is 9.61. The minimum Gasteiger partial charge on any atom is -0.321 e. The summed E-state index contributed by atoms with van der Waals surface area (Å²) in [6.07, 6.45) is 3.39. The Morgan fingerprint density at radius 3 is 2.55 bits per heavy atom. The highest BCUT2D eigenvalue weighted by Crippen LogP contribution is 2.29. The molecule has 0 spiro atoms. The second-order valence-electron chi connectivity index (χ2n) is 4.37. The summed E-state index contributed by atoms with van der Waals surface area (Å²) in [7, 11) is 0. The van der Waals surface area contributed by atoms with Crippen LogP contribution in [0.1, 0.15) is 35.0 Å². The van der Waals surface area contributed by atoms with Crippen molar-refractivity contribution in [2.75, 3.05) is 5.32 Å². The molecule has 20 heavy (non-hydrogen) atoms. The van der Waals surface area contributed by atoms with Gasteiger partial charge in [-0.05, 0) is 42.1 Å². The number of carbonyl (C=O) groups excluding carboxylic acids is 1. The van der Waals surface area contributed by atoms with Gasteiger partial charge in [-0.15, -0.1) is 0 Å². The van der Waals surface area contributed by atoms with Crippen molar-refractivity contribution in [1.82, 2.24) is 4.37 Å². The van der Waals surface area contributed by atoms with Gasteiger partial charge in [-0.2, -0.15) is 4.37 Å². The first-order valence-corrected chi connectivity index (χ1v) is 7.85. The second kappa shape index (κ2) is 7.07. The summed E-state index contributed by atoms with van der Waals surface area (Å²) in [5.74, 6) is -0.291. The fourth-order valence-electron chi connectivity index (χ4n) is 1.72. The van der Waals surface area contributed by atoms with Gasteiger partial charge in [-0.3, -0.25) is 4.79 Å². The SMILES string of the molecule is CCCCc1ccc(NC(=O)c2snc(Cl)c2Cl)cc1. The normalized spacial score (nSPS) is 10.6. The predicted molar refractivity (Wildman–Crippen MR) is 85.1 cm³/mol. The van der Waals surface area contributed by atoms with Gasteiger partial charge in [0.25, 0.3) is 5.91 Å². The van der Waals surface area contributed by atoms with Crippen molar-refractivity contribution < 1.29 is 4.79 Å². The van der Waals surface area contributed by atoms with E-state index in [2.05, 4.69) is 16.6 Å². The van der Waals surface area contributed by atoms with Gasteiger partial charge in [0.1, 0.15) is 9.90 Å². The van der Waals surface area contributed by atoms with Crippen molar-refractivity contribution in [2.45, 2.75) is 26.2 Å². The van der Waals surface area contributed by atoms with E-state index in [4.69, 9.17) is 23.2 Å². The Morgan fingerprint density at radius 1 is 1.30 bits per heavy atom. The van der Waals surface area contributed by atoms with Crippen LogP contribution in [0, 0.1) is 0 Å². The van der Waals surface area contributed by atoms with E-state index in [1.807, 2.05) is 24.3 Å². The van der Waals surface area contributed by atoms with E-state index in [9.17, 15) is 4.79 Å². The maximum absolute atomic E-state index is 12.0. The van der Waals surface area contributed by atoms with Gasteiger partial charge in [-0.1, -0.05) is 48.7 Å². The lowest BCUT2D eigenvalue weighted by atomic mass is 10.1. The van der Waals surface area contributed by atoms with Gasteiger partial charge in [-0.25, -0.2) is 0 Å². The molecular weight excluding hydrogens is 315 g/mol. The van der Waals surface area contributed by atoms with Crippen LogP contribution in [0.2, 0.25) is 10.2 Å². The number of anilines is 1. The van der Waals surface area contributed by atoms with Gasteiger partial charge < -0.3 is 5.32 Å². The topological polar surface area (TPSA) is 42.0 Å². The second-order valence-corrected chi connectivity index (χ2v) is 5.88. The molecule has 0 saturated carbocycles. The summed E-state index contributed by atoms with van der Waals surface area (Å²) in [5, 5.41) is 3.15. The highest BCUT2D eigenvalue weighted by Gasteiger charge is 2.17. The Bertz CT molecular complexity index is 596. The quantitative estimate of drug-likeness (QED) is 0.834. The summed E-state index contributed by atoms with van der Waals surface area (Å²) >= 11 is 12.6. The Hall–Kier alpha value is -1.10. The zero-order chi connectivity index (χ0) is 14.5. The fourth-order valence-corrected chi connectivity index (χ4v) is 2.83. The summed E-state index contributed by atoms with van der Waals surface area (Å²) in [4.78, 5) is 12.3. The molecule has 3 nitrogen and oxygen atoms in total. The van der Waals surface area contributed by atoms with Gasteiger partial charge in [0.2, 0.25) is 0 Å². The van der Waals surface area contributed by atoms with Crippen LogP contribution in [0.15, 0.2) is 24.3 Å². The van der Waals surface area contributed by atoms with Crippen LogP contribution < -0.4 is 5.32 Å². The maximum atomic E-state index is 12.0. The van der Waals surface area contributed by atoms with Gasteiger partial charge in [0.15, 0.2) is 5.15 Å². The summed E-state index contributed by atoms with van der Waals surface area (Å²) in [6.45, 7) is 2.17. The molecule has 0 fully saturated rings. The zero-order valence-electron chi connectivity index (χ0n) is 11.0. The molecule has 0 aliphatic heterocycles. The monoisotopic (exact) mass is 328 g/mol. The molecule has 106 valence electrons. The van der Waals surface area contributed by atoms with Crippen LogP contribution in [0.4, 0.5) is 5.69 Å². The molecule has 0 atom stereocenters. The van der Waals surface area contributed by atoms with Crippen molar-refractivity contribution in [3.05, 3.63) is 44.9 Å². The smallest absolute Gasteiger partial charge is 0.268 e. The minimum absolute atomic E-state index is 0.164. The molecular formula is C14H14Cl2N2OS. The van der Waals surface area contributed by atoms with Crippen molar-refractivity contribution >= 4 is 46.3 Å². The third-order valence-electron chi connectivity index (χ3n) is 2.83. The van der Waals surface area contributed by atoms with Crippen LogP contribution in [0.25, 0.3) is 0 Å². The number of aryl methyl sites for hydroxylation is 1. The van der Waals surface area contributed by atoms with Gasteiger partial charge >= 0.3 is 0 Å². The molecule has 1 N–H and O–H groups in total. The van der Waals surface area contributed by atoms with Crippen molar-refractivity contribution in [1.29, 1.82) is 0 Å². The number of hydrogen-bond acceptors (Lipinski definition) is 3. The van der Waals surface area contributed by atoms with Crippen LogP contribution in [-0.2, 0) is 6.42 Å².